The molecular weight excluding hydrogens is 262 g/mol. The predicted molar refractivity (Wildman–Crippen MR) is 72.2 cm³/mol. The molecule has 0 saturated carbocycles. The average molecular weight is 275 g/mol. The molecule has 19 heavy (non-hydrogen) atoms. The molecule has 2 heterocycles. The monoisotopic (exact) mass is 275 g/mol. The van der Waals surface area contributed by atoms with E-state index in [1.807, 2.05) is 24.3 Å². The summed E-state index contributed by atoms with van der Waals surface area (Å²) in [6.45, 7) is 2.30. The molecule has 1 unspecified atom stereocenters. The van der Waals surface area contributed by atoms with E-state index in [9.17, 15) is 4.79 Å². The number of thiazole rings is 1. The van der Waals surface area contributed by atoms with Crippen molar-refractivity contribution in [3.8, 4) is 5.75 Å². The summed E-state index contributed by atoms with van der Waals surface area (Å²) in [4.78, 5) is 15.8. The maximum absolute atomic E-state index is 11.1. The van der Waals surface area contributed by atoms with Gasteiger partial charge in [-0.3, -0.25) is 0 Å². The first-order valence-electron chi connectivity index (χ1n) is 6.06. The summed E-state index contributed by atoms with van der Waals surface area (Å²) in [5.74, 6) is 0.163. The van der Waals surface area contributed by atoms with Crippen LogP contribution in [0.1, 0.15) is 31.9 Å². The van der Waals surface area contributed by atoms with Crippen LogP contribution in [0.3, 0.4) is 0 Å². The Hall–Kier alpha value is -1.88. The first-order chi connectivity index (χ1) is 9.15. The van der Waals surface area contributed by atoms with Gasteiger partial charge in [0.05, 0.1) is 12.3 Å². The summed E-state index contributed by atoms with van der Waals surface area (Å²) in [5.41, 5.74) is 1.75. The molecule has 0 radical (unpaired) electrons. The molecule has 98 valence electrons. The number of carboxylic acid groups (broad SMARTS) is 1. The van der Waals surface area contributed by atoms with Gasteiger partial charge in [0.25, 0.3) is 0 Å². The number of hydrogen-bond acceptors (Lipinski definition) is 4. The smallest absolute Gasteiger partial charge is 0.347 e. The zero-order valence-electron chi connectivity index (χ0n) is 10.4. The van der Waals surface area contributed by atoms with Crippen LogP contribution in [0.25, 0.3) is 0 Å². The highest BCUT2D eigenvalue weighted by Crippen LogP contribution is 2.34. The van der Waals surface area contributed by atoms with Crippen LogP contribution in [0.4, 0.5) is 0 Å². The van der Waals surface area contributed by atoms with Crippen LogP contribution in [0.15, 0.2) is 24.3 Å². The number of fused-ring (bicyclic) bond motifs is 1. The third-order valence-electron chi connectivity index (χ3n) is 3.24. The standard InChI is InChI=1S/C14H13NO3S/c1-8-12(14(16)17)19-13(15-8)10-6-9-4-2-3-5-11(9)18-7-10/h2-5,10H,6-7H2,1H3,(H,16,17). The van der Waals surface area contributed by atoms with Gasteiger partial charge in [0.1, 0.15) is 15.6 Å². The molecule has 1 aromatic heterocycles. The zero-order valence-corrected chi connectivity index (χ0v) is 11.2. The average Bonchev–Trinajstić information content (AvgIpc) is 2.80. The number of nitrogens with zero attached hydrogens (tertiary/aromatic N) is 1. The largest absolute Gasteiger partial charge is 0.493 e. The Balaban J connectivity index is 1.89. The van der Waals surface area contributed by atoms with E-state index in [1.54, 1.807) is 6.92 Å². The predicted octanol–water partition coefficient (Wildman–Crippen LogP) is 2.87. The second-order valence-electron chi connectivity index (χ2n) is 4.59. The minimum atomic E-state index is -0.904. The first-order valence-corrected chi connectivity index (χ1v) is 6.88. The Kier molecular flexibility index (Phi) is 2.98. The van der Waals surface area contributed by atoms with Crippen LogP contribution < -0.4 is 4.74 Å². The van der Waals surface area contributed by atoms with E-state index in [-0.39, 0.29) is 5.92 Å². The molecule has 0 spiro atoms. The SMILES string of the molecule is Cc1nc(C2COc3ccccc3C2)sc1C(=O)O. The summed E-state index contributed by atoms with van der Waals surface area (Å²) in [6, 6.07) is 7.94. The maximum atomic E-state index is 11.1. The Labute approximate surface area is 114 Å². The van der Waals surface area contributed by atoms with Gasteiger partial charge in [-0.2, -0.15) is 0 Å². The van der Waals surface area contributed by atoms with Crippen molar-refractivity contribution in [3.63, 3.8) is 0 Å². The highest BCUT2D eigenvalue weighted by atomic mass is 32.1. The Bertz CT molecular complexity index is 635. The molecule has 5 heteroatoms. The van der Waals surface area contributed by atoms with Gasteiger partial charge in [0.15, 0.2) is 0 Å². The van der Waals surface area contributed by atoms with Crippen molar-refractivity contribution in [1.29, 1.82) is 0 Å². The van der Waals surface area contributed by atoms with E-state index >= 15 is 0 Å². The normalized spacial score (nSPS) is 17.6. The summed E-state index contributed by atoms with van der Waals surface area (Å²) in [5, 5.41) is 9.93. The van der Waals surface area contributed by atoms with Crippen molar-refractivity contribution >= 4 is 17.3 Å². The number of aryl methyl sites for hydroxylation is 1. The van der Waals surface area contributed by atoms with Crippen LogP contribution in [-0.4, -0.2) is 22.7 Å². The van der Waals surface area contributed by atoms with Crippen molar-refractivity contribution in [2.75, 3.05) is 6.61 Å². The quantitative estimate of drug-likeness (QED) is 0.915. The number of rotatable bonds is 2. The van der Waals surface area contributed by atoms with Gasteiger partial charge in [0, 0.05) is 5.92 Å². The number of hydrogen-bond donors (Lipinski definition) is 1. The molecule has 3 rings (SSSR count). The van der Waals surface area contributed by atoms with E-state index in [0.29, 0.717) is 17.2 Å². The Morgan fingerprint density at radius 3 is 3.00 bits per heavy atom. The minimum absolute atomic E-state index is 0.145. The van der Waals surface area contributed by atoms with Crippen molar-refractivity contribution in [3.05, 3.63) is 45.4 Å². The second-order valence-corrected chi connectivity index (χ2v) is 5.62. The molecule has 0 saturated heterocycles. The molecule has 1 aromatic carbocycles. The molecule has 0 bridgehead atoms. The molecule has 1 atom stereocenters. The number of para-hydroxylation sites is 1. The lowest BCUT2D eigenvalue weighted by atomic mass is 9.97. The van der Waals surface area contributed by atoms with Gasteiger partial charge in [-0.05, 0) is 25.0 Å². The van der Waals surface area contributed by atoms with Crippen LogP contribution in [0.5, 0.6) is 5.75 Å². The van der Waals surface area contributed by atoms with Crippen molar-refractivity contribution < 1.29 is 14.6 Å². The van der Waals surface area contributed by atoms with E-state index in [4.69, 9.17) is 9.84 Å². The van der Waals surface area contributed by atoms with Crippen LogP contribution in [0, 0.1) is 6.92 Å². The van der Waals surface area contributed by atoms with Crippen molar-refractivity contribution in [2.45, 2.75) is 19.3 Å². The highest BCUT2D eigenvalue weighted by Gasteiger charge is 2.25. The number of aromatic carboxylic acids is 1. The number of carbonyl (C=O) groups is 1. The number of aromatic nitrogens is 1. The molecule has 2 aromatic rings. The van der Waals surface area contributed by atoms with E-state index in [2.05, 4.69) is 4.98 Å². The molecule has 4 nitrogen and oxygen atoms in total. The van der Waals surface area contributed by atoms with Crippen molar-refractivity contribution in [1.82, 2.24) is 4.98 Å². The Morgan fingerprint density at radius 2 is 2.26 bits per heavy atom. The molecule has 0 aliphatic carbocycles. The van der Waals surface area contributed by atoms with E-state index < -0.39 is 5.97 Å². The fourth-order valence-electron chi connectivity index (χ4n) is 2.28. The molecule has 0 fully saturated rings. The first kappa shape index (κ1) is 12.2. The second kappa shape index (κ2) is 4.66. The van der Waals surface area contributed by atoms with Crippen LogP contribution in [-0.2, 0) is 6.42 Å². The number of benzene rings is 1. The Morgan fingerprint density at radius 1 is 1.47 bits per heavy atom. The minimum Gasteiger partial charge on any atom is -0.493 e. The summed E-state index contributed by atoms with van der Waals surface area (Å²) < 4.78 is 5.72. The highest BCUT2D eigenvalue weighted by molar-refractivity contribution is 7.13. The topological polar surface area (TPSA) is 59.4 Å². The summed E-state index contributed by atoms with van der Waals surface area (Å²) in [7, 11) is 0. The number of carboxylic acids is 1. The van der Waals surface area contributed by atoms with Crippen LogP contribution >= 0.6 is 11.3 Å². The van der Waals surface area contributed by atoms with E-state index in [1.165, 1.54) is 11.3 Å². The molecule has 1 N–H and O–H groups in total. The molecule has 1 aliphatic rings. The molecular formula is C14H13NO3S. The third-order valence-corrected chi connectivity index (χ3v) is 4.54. The fourth-order valence-corrected chi connectivity index (χ4v) is 3.27. The maximum Gasteiger partial charge on any atom is 0.347 e. The van der Waals surface area contributed by atoms with E-state index in [0.717, 1.165) is 22.7 Å². The molecule has 1 aliphatic heterocycles. The van der Waals surface area contributed by atoms with Crippen molar-refractivity contribution in [2.24, 2.45) is 0 Å². The zero-order chi connectivity index (χ0) is 13.4. The van der Waals surface area contributed by atoms with Gasteiger partial charge in [-0.1, -0.05) is 18.2 Å². The lowest BCUT2D eigenvalue weighted by Gasteiger charge is -2.23. The van der Waals surface area contributed by atoms with Gasteiger partial charge in [0.2, 0.25) is 0 Å². The summed E-state index contributed by atoms with van der Waals surface area (Å²) >= 11 is 1.26. The van der Waals surface area contributed by atoms with Gasteiger partial charge in [-0.15, -0.1) is 11.3 Å². The van der Waals surface area contributed by atoms with Crippen LogP contribution in [0.2, 0.25) is 0 Å². The third kappa shape index (κ3) is 2.21. The molecule has 0 amide bonds. The van der Waals surface area contributed by atoms with Gasteiger partial charge < -0.3 is 9.84 Å². The van der Waals surface area contributed by atoms with Gasteiger partial charge in [-0.25, -0.2) is 9.78 Å². The number of ether oxygens (including phenoxy) is 1. The van der Waals surface area contributed by atoms with Gasteiger partial charge >= 0.3 is 5.97 Å². The fraction of sp³-hybridized carbons (Fsp3) is 0.286. The lowest BCUT2D eigenvalue weighted by molar-refractivity contribution is 0.0701. The lowest BCUT2D eigenvalue weighted by Crippen LogP contribution is -2.18. The summed E-state index contributed by atoms with van der Waals surface area (Å²) in [6.07, 6.45) is 0.849.